The molecule has 17 heavy (non-hydrogen) atoms. The summed E-state index contributed by atoms with van der Waals surface area (Å²) in [5.74, 6) is 0.0718. The first-order valence-electron chi connectivity index (χ1n) is 4.97. The summed E-state index contributed by atoms with van der Waals surface area (Å²) in [6.07, 6.45) is 0. The molecule has 1 amide bonds. The Labute approximate surface area is 112 Å². The molecule has 0 unspecified atom stereocenters. The van der Waals surface area contributed by atoms with E-state index in [2.05, 4.69) is 10.6 Å². The van der Waals surface area contributed by atoms with Gasteiger partial charge in [0.25, 0.3) is 0 Å². The number of carbonyl (C=O) groups is 1. The Morgan fingerprint density at radius 3 is 2.76 bits per heavy atom. The normalized spacial score (nSPS) is 11.5. The molecule has 1 atom stereocenters. The van der Waals surface area contributed by atoms with E-state index in [1.165, 1.54) is 6.07 Å². The molecule has 0 aromatic heterocycles. The van der Waals surface area contributed by atoms with Crippen molar-refractivity contribution >= 4 is 29.9 Å². The summed E-state index contributed by atoms with van der Waals surface area (Å²) in [6, 6.07) is 4.50. The fraction of sp³-hybridized carbons (Fsp3) is 0.364. The van der Waals surface area contributed by atoms with Crippen LogP contribution in [0.2, 0.25) is 5.02 Å². The van der Waals surface area contributed by atoms with Gasteiger partial charge < -0.3 is 15.7 Å². The van der Waals surface area contributed by atoms with E-state index in [9.17, 15) is 9.90 Å². The minimum absolute atomic E-state index is 0. The highest BCUT2D eigenvalue weighted by molar-refractivity contribution is 6.30. The molecule has 0 fully saturated rings. The van der Waals surface area contributed by atoms with Crippen LogP contribution in [0.25, 0.3) is 0 Å². The van der Waals surface area contributed by atoms with E-state index in [1.807, 2.05) is 0 Å². The third kappa shape index (κ3) is 4.81. The molecule has 0 bridgehead atoms. The number of likely N-dealkylation sites (N-methyl/N-ethyl adjacent to an activating group) is 1. The van der Waals surface area contributed by atoms with E-state index >= 15 is 0 Å². The number of benzene rings is 1. The number of aromatic hydroxyl groups is 1. The standard InChI is InChI=1S/C11H15ClN2O2.ClH/c1-7(11(16)13-2)14-6-8-5-9(12)3-4-10(8)15;/h3-5,7,14-15H,6H2,1-2H3,(H,13,16);1H/t7-;/m1./s1. The van der Waals surface area contributed by atoms with E-state index in [0.717, 1.165) is 0 Å². The maximum Gasteiger partial charge on any atom is 0.236 e. The van der Waals surface area contributed by atoms with Gasteiger partial charge in [0.1, 0.15) is 5.75 Å². The maximum absolute atomic E-state index is 11.2. The van der Waals surface area contributed by atoms with Gasteiger partial charge in [-0.1, -0.05) is 11.6 Å². The molecule has 0 aliphatic rings. The van der Waals surface area contributed by atoms with Gasteiger partial charge in [-0.25, -0.2) is 0 Å². The van der Waals surface area contributed by atoms with Crippen LogP contribution in [0.5, 0.6) is 5.75 Å². The fourth-order valence-corrected chi connectivity index (χ4v) is 1.46. The monoisotopic (exact) mass is 278 g/mol. The van der Waals surface area contributed by atoms with E-state index < -0.39 is 0 Å². The van der Waals surface area contributed by atoms with Gasteiger partial charge in [-0.3, -0.25) is 4.79 Å². The van der Waals surface area contributed by atoms with Crippen molar-refractivity contribution in [2.75, 3.05) is 7.05 Å². The van der Waals surface area contributed by atoms with Crippen molar-refractivity contribution in [3.05, 3.63) is 28.8 Å². The summed E-state index contributed by atoms with van der Waals surface area (Å²) in [6.45, 7) is 2.14. The Bertz CT molecular complexity index is 386. The Balaban J connectivity index is 0.00000256. The third-order valence-corrected chi connectivity index (χ3v) is 2.52. The Kier molecular flexibility index (Phi) is 6.95. The van der Waals surface area contributed by atoms with Crippen LogP contribution in [0.3, 0.4) is 0 Å². The van der Waals surface area contributed by atoms with E-state index in [4.69, 9.17) is 11.6 Å². The van der Waals surface area contributed by atoms with Gasteiger partial charge in [0.15, 0.2) is 0 Å². The summed E-state index contributed by atoms with van der Waals surface area (Å²) in [4.78, 5) is 11.2. The minimum atomic E-state index is -0.316. The van der Waals surface area contributed by atoms with Gasteiger partial charge in [-0.15, -0.1) is 12.4 Å². The summed E-state index contributed by atoms with van der Waals surface area (Å²) in [7, 11) is 1.58. The van der Waals surface area contributed by atoms with Crippen molar-refractivity contribution in [2.45, 2.75) is 19.5 Å². The third-order valence-electron chi connectivity index (χ3n) is 2.28. The van der Waals surface area contributed by atoms with Gasteiger partial charge >= 0.3 is 0 Å². The van der Waals surface area contributed by atoms with Crippen molar-refractivity contribution in [1.29, 1.82) is 0 Å². The quantitative estimate of drug-likeness (QED) is 0.786. The predicted octanol–water partition coefficient (Wildman–Crippen LogP) is 1.69. The molecular formula is C11H16Cl2N2O2. The van der Waals surface area contributed by atoms with Crippen molar-refractivity contribution in [3.8, 4) is 5.75 Å². The van der Waals surface area contributed by atoms with Crippen molar-refractivity contribution in [3.63, 3.8) is 0 Å². The summed E-state index contributed by atoms with van der Waals surface area (Å²) < 4.78 is 0. The molecule has 0 spiro atoms. The molecule has 0 heterocycles. The number of nitrogens with one attached hydrogen (secondary N) is 2. The van der Waals surface area contributed by atoms with Gasteiger partial charge in [0.2, 0.25) is 5.91 Å². The number of hydrogen-bond acceptors (Lipinski definition) is 3. The van der Waals surface area contributed by atoms with Gasteiger partial charge in [-0.2, -0.15) is 0 Å². The Morgan fingerprint density at radius 1 is 1.53 bits per heavy atom. The number of rotatable bonds is 4. The van der Waals surface area contributed by atoms with E-state index in [1.54, 1.807) is 26.1 Å². The second kappa shape index (κ2) is 7.37. The lowest BCUT2D eigenvalue weighted by molar-refractivity contribution is -0.122. The number of hydrogen-bond donors (Lipinski definition) is 3. The van der Waals surface area contributed by atoms with Crippen LogP contribution in [0.15, 0.2) is 18.2 Å². The van der Waals surface area contributed by atoms with Crippen LogP contribution in [0.1, 0.15) is 12.5 Å². The highest BCUT2D eigenvalue weighted by atomic mass is 35.5. The molecule has 0 saturated heterocycles. The lowest BCUT2D eigenvalue weighted by Crippen LogP contribution is -2.40. The number of amides is 1. The average molecular weight is 279 g/mol. The molecule has 1 aromatic rings. The van der Waals surface area contributed by atoms with E-state index in [-0.39, 0.29) is 30.1 Å². The highest BCUT2D eigenvalue weighted by Gasteiger charge is 2.10. The van der Waals surface area contributed by atoms with E-state index in [0.29, 0.717) is 17.1 Å². The molecule has 6 heteroatoms. The predicted molar refractivity (Wildman–Crippen MR) is 70.7 cm³/mol. The molecule has 0 aliphatic heterocycles. The second-order valence-electron chi connectivity index (χ2n) is 3.49. The number of halogens is 2. The van der Waals surface area contributed by atoms with Crippen molar-refractivity contribution in [1.82, 2.24) is 10.6 Å². The molecule has 96 valence electrons. The zero-order valence-electron chi connectivity index (χ0n) is 9.66. The number of carbonyl (C=O) groups excluding carboxylic acids is 1. The van der Waals surface area contributed by atoms with Crippen LogP contribution in [-0.4, -0.2) is 24.1 Å². The van der Waals surface area contributed by atoms with Gasteiger partial charge in [0, 0.05) is 24.2 Å². The van der Waals surface area contributed by atoms with Crippen molar-refractivity contribution in [2.24, 2.45) is 0 Å². The van der Waals surface area contributed by atoms with Gasteiger partial charge in [0.05, 0.1) is 6.04 Å². The molecule has 4 nitrogen and oxygen atoms in total. The minimum Gasteiger partial charge on any atom is -0.508 e. The van der Waals surface area contributed by atoms with Crippen LogP contribution < -0.4 is 10.6 Å². The summed E-state index contributed by atoms with van der Waals surface area (Å²) >= 11 is 5.80. The van der Waals surface area contributed by atoms with Crippen LogP contribution in [-0.2, 0) is 11.3 Å². The Hall–Kier alpha value is -0.970. The molecule has 1 rings (SSSR count). The topological polar surface area (TPSA) is 61.4 Å². The molecule has 3 N–H and O–H groups in total. The molecule has 1 aromatic carbocycles. The van der Waals surface area contributed by atoms with Crippen LogP contribution in [0.4, 0.5) is 0 Å². The first-order valence-corrected chi connectivity index (χ1v) is 5.34. The van der Waals surface area contributed by atoms with Crippen LogP contribution in [0, 0.1) is 0 Å². The largest absolute Gasteiger partial charge is 0.508 e. The molecule has 0 saturated carbocycles. The van der Waals surface area contributed by atoms with Crippen LogP contribution >= 0.6 is 24.0 Å². The summed E-state index contributed by atoms with van der Waals surface area (Å²) in [5.41, 5.74) is 0.670. The smallest absolute Gasteiger partial charge is 0.236 e. The highest BCUT2D eigenvalue weighted by Crippen LogP contribution is 2.21. The maximum atomic E-state index is 11.2. The number of phenols is 1. The zero-order chi connectivity index (χ0) is 12.1. The fourth-order valence-electron chi connectivity index (χ4n) is 1.27. The first-order chi connectivity index (χ1) is 7.54. The van der Waals surface area contributed by atoms with Crippen molar-refractivity contribution < 1.29 is 9.90 Å². The first kappa shape index (κ1) is 16.0. The SMILES string of the molecule is CNC(=O)[C@@H](C)NCc1cc(Cl)ccc1O.Cl. The lowest BCUT2D eigenvalue weighted by Gasteiger charge is -2.13. The second-order valence-corrected chi connectivity index (χ2v) is 3.93. The van der Waals surface area contributed by atoms with Gasteiger partial charge in [-0.05, 0) is 25.1 Å². The number of phenolic OH excluding ortho intramolecular Hbond substituents is 1. The summed E-state index contributed by atoms with van der Waals surface area (Å²) in [5, 5.41) is 15.6. The Morgan fingerprint density at radius 2 is 2.18 bits per heavy atom. The molecule has 0 radical (unpaired) electrons. The molecular weight excluding hydrogens is 263 g/mol. The average Bonchev–Trinajstić information content (AvgIpc) is 2.28. The lowest BCUT2D eigenvalue weighted by atomic mass is 10.2. The zero-order valence-corrected chi connectivity index (χ0v) is 11.2. The molecule has 0 aliphatic carbocycles.